The number of hydrogen-bond donors (Lipinski definition) is 1. The zero-order valence-corrected chi connectivity index (χ0v) is 25.0. The molecule has 0 unspecified atom stereocenters. The summed E-state index contributed by atoms with van der Waals surface area (Å²) < 4.78 is 33.8. The fourth-order valence-corrected chi connectivity index (χ4v) is 5.73. The van der Waals surface area contributed by atoms with Crippen molar-refractivity contribution in [3.8, 4) is 5.75 Å². The van der Waals surface area contributed by atoms with Crippen molar-refractivity contribution in [2.45, 2.75) is 31.3 Å². The Morgan fingerprint density at radius 1 is 1.05 bits per heavy atom. The Bertz CT molecular complexity index is 1570. The zero-order chi connectivity index (χ0) is 30.5. The molecule has 2 amide bonds. The highest BCUT2D eigenvalue weighted by molar-refractivity contribution is 7.92. The summed E-state index contributed by atoms with van der Waals surface area (Å²) >= 11 is 12.2. The van der Waals surface area contributed by atoms with Crippen molar-refractivity contribution >= 4 is 56.4 Å². The van der Waals surface area contributed by atoms with E-state index in [-0.39, 0.29) is 33.4 Å². The predicted molar refractivity (Wildman–Crippen MR) is 156 cm³/mol. The first-order valence-corrected chi connectivity index (χ1v) is 14.4. The van der Waals surface area contributed by atoms with Gasteiger partial charge in [-0.3, -0.25) is 24.0 Å². The molecule has 0 radical (unpaired) electrons. The number of nitro groups is 1. The van der Waals surface area contributed by atoms with Gasteiger partial charge in [-0.05, 0) is 61.9 Å². The molecule has 0 aromatic heterocycles. The molecular weight excluding hydrogens is 595 g/mol. The second kappa shape index (κ2) is 13.2. The van der Waals surface area contributed by atoms with Gasteiger partial charge in [0.1, 0.15) is 18.3 Å². The van der Waals surface area contributed by atoms with Gasteiger partial charge >= 0.3 is 0 Å². The summed E-state index contributed by atoms with van der Waals surface area (Å²) in [6.07, 6.45) is 0. The van der Waals surface area contributed by atoms with Crippen molar-refractivity contribution in [2.75, 3.05) is 25.0 Å². The largest absolute Gasteiger partial charge is 0.497 e. The molecule has 0 fully saturated rings. The van der Waals surface area contributed by atoms with Crippen LogP contribution in [0.3, 0.4) is 0 Å². The van der Waals surface area contributed by atoms with Gasteiger partial charge in [0, 0.05) is 25.2 Å². The van der Waals surface area contributed by atoms with Gasteiger partial charge in [0.25, 0.3) is 15.7 Å². The minimum Gasteiger partial charge on any atom is -0.497 e. The van der Waals surface area contributed by atoms with Crippen LogP contribution < -0.4 is 14.4 Å². The Morgan fingerprint density at radius 3 is 2.27 bits per heavy atom. The summed E-state index contributed by atoms with van der Waals surface area (Å²) in [5.74, 6) is -0.752. The minimum atomic E-state index is -4.51. The number of sulfonamides is 1. The number of amides is 2. The number of carbonyl (C=O) groups is 2. The second-order valence-electron chi connectivity index (χ2n) is 8.98. The molecule has 0 aliphatic carbocycles. The molecule has 1 N–H and O–H groups in total. The molecule has 0 aliphatic heterocycles. The maximum atomic E-state index is 13.9. The standard InChI is InChI=1S/C27H28Cl2N4O7S/c1-17-5-11-22(14-25(17)33(36)37)41(38,39)32(20-7-9-21(40-4)10-8-20)16-26(34)31(18(2)27(35)30-3)15-19-6-12-23(28)24(29)13-19/h5-14,18H,15-16H2,1-4H3,(H,30,35)/t18-/m0/s1. The fraction of sp³-hybridized carbons (Fsp3) is 0.259. The highest BCUT2D eigenvalue weighted by Gasteiger charge is 2.33. The molecule has 11 nitrogen and oxygen atoms in total. The van der Waals surface area contributed by atoms with Crippen LogP contribution in [0.4, 0.5) is 11.4 Å². The molecule has 0 aliphatic rings. The van der Waals surface area contributed by atoms with Gasteiger partial charge in [-0.25, -0.2) is 8.42 Å². The lowest BCUT2D eigenvalue weighted by molar-refractivity contribution is -0.385. The maximum absolute atomic E-state index is 13.9. The van der Waals surface area contributed by atoms with E-state index in [1.165, 1.54) is 69.3 Å². The number of ether oxygens (including phenoxy) is 1. The number of nitrogens with zero attached hydrogens (tertiary/aromatic N) is 3. The molecule has 14 heteroatoms. The van der Waals surface area contributed by atoms with Crippen molar-refractivity contribution in [1.82, 2.24) is 10.2 Å². The summed E-state index contributed by atoms with van der Waals surface area (Å²) in [5.41, 5.74) is 0.538. The Balaban J connectivity index is 2.10. The van der Waals surface area contributed by atoms with E-state index in [2.05, 4.69) is 5.32 Å². The lowest BCUT2D eigenvalue weighted by Crippen LogP contribution is -2.50. The van der Waals surface area contributed by atoms with Crippen LogP contribution in [0, 0.1) is 17.0 Å². The number of aryl methyl sites for hydroxylation is 1. The number of nitrogens with one attached hydrogen (secondary N) is 1. The molecule has 3 aromatic rings. The highest BCUT2D eigenvalue weighted by Crippen LogP contribution is 2.30. The SMILES string of the molecule is CNC(=O)[C@H](C)N(Cc1ccc(Cl)c(Cl)c1)C(=O)CN(c1ccc(OC)cc1)S(=O)(=O)c1ccc(C)c([N+](=O)[O-])c1. The van der Waals surface area contributed by atoms with E-state index in [0.29, 0.717) is 16.3 Å². The van der Waals surface area contributed by atoms with Crippen LogP contribution in [0.2, 0.25) is 10.0 Å². The van der Waals surface area contributed by atoms with Crippen molar-refractivity contribution in [1.29, 1.82) is 0 Å². The first kappa shape index (κ1) is 31.7. The van der Waals surface area contributed by atoms with E-state index >= 15 is 0 Å². The van der Waals surface area contributed by atoms with Crippen LogP contribution >= 0.6 is 23.2 Å². The lowest BCUT2D eigenvalue weighted by atomic mass is 10.1. The number of rotatable bonds is 11. The Labute approximate surface area is 247 Å². The average molecular weight is 624 g/mol. The molecule has 0 saturated heterocycles. The molecule has 0 saturated carbocycles. The minimum absolute atomic E-state index is 0.0865. The van der Waals surface area contributed by atoms with Crippen LogP contribution in [-0.2, 0) is 26.2 Å². The van der Waals surface area contributed by atoms with E-state index in [9.17, 15) is 28.1 Å². The topological polar surface area (TPSA) is 139 Å². The normalized spacial score (nSPS) is 11.9. The maximum Gasteiger partial charge on any atom is 0.273 e. The number of methoxy groups -OCH3 is 1. The van der Waals surface area contributed by atoms with Crippen LogP contribution in [0.5, 0.6) is 5.75 Å². The summed E-state index contributed by atoms with van der Waals surface area (Å²) in [6, 6.07) is 13.2. The molecule has 3 aromatic carbocycles. The first-order valence-electron chi connectivity index (χ1n) is 12.2. The van der Waals surface area contributed by atoms with Gasteiger partial charge in [-0.15, -0.1) is 0 Å². The van der Waals surface area contributed by atoms with Gasteiger partial charge in [0.15, 0.2) is 0 Å². The fourth-order valence-electron chi connectivity index (χ4n) is 3.98. The molecule has 0 bridgehead atoms. The molecule has 218 valence electrons. The molecule has 0 heterocycles. The molecule has 1 atom stereocenters. The van der Waals surface area contributed by atoms with Crippen molar-refractivity contribution < 1.29 is 27.7 Å². The number of nitro benzene ring substituents is 1. The van der Waals surface area contributed by atoms with E-state index in [4.69, 9.17) is 27.9 Å². The molecule has 3 rings (SSSR count). The quantitative estimate of drug-likeness (QED) is 0.244. The lowest BCUT2D eigenvalue weighted by Gasteiger charge is -2.31. The van der Waals surface area contributed by atoms with Crippen molar-refractivity contribution in [3.63, 3.8) is 0 Å². The molecule has 41 heavy (non-hydrogen) atoms. The van der Waals surface area contributed by atoms with Gasteiger partial charge < -0.3 is 15.0 Å². The Hall–Kier alpha value is -3.87. The number of anilines is 1. The number of likely N-dealkylation sites (N-methyl/N-ethyl adjacent to an activating group) is 1. The monoisotopic (exact) mass is 622 g/mol. The summed E-state index contributed by atoms with van der Waals surface area (Å²) in [7, 11) is -1.65. The summed E-state index contributed by atoms with van der Waals surface area (Å²) in [5, 5.41) is 14.6. The number of benzene rings is 3. The van der Waals surface area contributed by atoms with Crippen molar-refractivity contribution in [2.24, 2.45) is 0 Å². The van der Waals surface area contributed by atoms with Crippen LogP contribution in [0.15, 0.2) is 65.6 Å². The number of hydrogen-bond acceptors (Lipinski definition) is 7. The first-order chi connectivity index (χ1) is 19.3. The molecular formula is C27H28Cl2N4O7S. The van der Waals surface area contributed by atoms with Crippen molar-refractivity contribution in [3.05, 3.63) is 92.0 Å². The average Bonchev–Trinajstić information content (AvgIpc) is 2.95. The highest BCUT2D eigenvalue weighted by atomic mass is 35.5. The van der Waals surface area contributed by atoms with Crippen LogP contribution in [0.25, 0.3) is 0 Å². The van der Waals surface area contributed by atoms with Crippen LogP contribution in [-0.4, -0.2) is 56.8 Å². The summed E-state index contributed by atoms with van der Waals surface area (Å²) in [6.45, 7) is 2.18. The van der Waals surface area contributed by atoms with Gasteiger partial charge in [0.05, 0.1) is 32.7 Å². The van der Waals surface area contributed by atoms with E-state index < -0.39 is 39.3 Å². The number of halogens is 2. The third-order valence-electron chi connectivity index (χ3n) is 6.36. The smallest absolute Gasteiger partial charge is 0.273 e. The third-order valence-corrected chi connectivity index (χ3v) is 8.86. The Kier molecular flexibility index (Phi) is 10.2. The van der Waals surface area contributed by atoms with E-state index in [1.54, 1.807) is 18.2 Å². The number of carbonyl (C=O) groups excluding carboxylic acids is 2. The predicted octanol–water partition coefficient (Wildman–Crippen LogP) is 4.58. The third kappa shape index (κ3) is 7.26. The van der Waals surface area contributed by atoms with Crippen LogP contribution in [0.1, 0.15) is 18.1 Å². The second-order valence-corrected chi connectivity index (χ2v) is 11.7. The Morgan fingerprint density at radius 2 is 1.71 bits per heavy atom. The molecule has 0 spiro atoms. The zero-order valence-electron chi connectivity index (χ0n) is 22.6. The van der Waals surface area contributed by atoms with Gasteiger partial charge in [0.2, 0.25) is 11.8 Å². The van der Waals surface area contributed by atoms with E-state index in [0.717, 1.165) is 10.4 Å². The van der Waals surface area contributed by atoms with Gasteiger partial charge in [-0.1, -0.05) is 35.3 Å². The van der Waals surface area contributed by atoms with E-state index in [1.807, 2.05) is 0 Å². The van der Waals surface area contributed by atoms with Gasteiger partial charge in [-0.2, -0.15) is 0 Å². The summed E-state index contributed by atoms with van der Waals surface area (Å²) in [4.78, 5) is 38.1.